The van der Waals surface area contributed by atoms with Crippen LogP contribution >= 0.6 is 0 Å². The minimum Gasteiger partial charge on any atom is -0.444 e. The van der Waals surface area contributed by atoms with Gasteiger partial charge in [-0.2, -0.15) is 0 Å². The van der Waals surface area contributed by atoms with Crippen LogP contribution in [0.3, 0.4) is 0 Å². The van der Waals surface area contributed by atoms with Gasteiger partial charge in [-0.05, 0) is 38.8 Å². The van der Waals surface area contributed by atoms with Crippen LogP contribution in [0.25, 0.3) is 0 Å². The zero-order valence-corrected chi connectivity index (χ0v) is 9.86. The molecule has 0 aliphatic rings. The molecule has 1 radical (unpaired) electrons. The van der Waals surface area contributed by atoms with Crippen LogP contribution in [-0.4, -0.2) is 16.7 Å². The summed E-state index contributed by atoms with van der Waals surface area (Å²) in [4.78, 5) is 15.2. The maximum atomic E-state index is 11.3. The van der Waals surface area contributed by atoms with Crippen molar-refractivity contribution in [1.29, 1.82) is 0 Å². The number of pyridine rings is 1. The van der Waals surface area contributed by atoms with E-state index >= 15 is 0 Å². The van der Waals surface area contributed by atoms with Crippen molar-refractivity contribution in [3.8, 4) is 0 Å². The molecule has 1 aromatic heterocycles. The van der Waals surface area contributed by atoms with E-state index in [4.69, 9.17) is 4.74 Å². The lowest BCUT2D eigenvalue weighted by Crippen LogP contribution is -2.31. The summed E-state index contributed by atoms with van der Waals surface area (Å²) in [6.07, 6.45) is 3.67. The third kappa shape index (κ3) is 5.34. The highest BCUT2D eigenvalue weighted by atomic mass is 16.6. The Labute approximate surface area is 96.0 Å². The van der Waals surface area contributed by atoms with Gasteiger partial charge >= 0.3 is 6.09 Å². The van der Waals surface area contributed by atoms with Crippen molar-refractivity contribution in [2.45, 2.75) is 32.8 Å². The molecule has 4 nitrogen and oxygen atoms in total. The molecule has 87 valence electrons. The van der Waals surface area contributed by atoms with E-state index in [1.807, 2.05) is 32.9 Å². The Morgan fingerprint density at radius 2 is 2.31 bits per heavy atom. The van der Waals surface area contributed by atoms with Gasteiger partial charge in [-0.25, -0.2) is 4.79 Å². The molecule has 0 aromatic carbocycles. The van der Waals surface area contributed by atoms with Gasteiger partial charge < -0.3 is 10.1 Å². The van der Waals surface area contributed by atoms with Crippen LogP contribution in [0.15, 0.2) is 24.5 Å². The lowest BCUT2D eigenvalue weighted by molar-refractivity contribution is 0.0542. The fourth-order valence-corrected chi connectivity index (χ4v) is 1.08. The molecule has 0 saturated carbocycles. The van der Waals surface area contributed by atoms with Crippen LogP contribution in [0.2, 0.25) is 0 Å². The second-order valence-electron chi connectivity index (χ2n) is 4.42. The smallest absolute Gasteiger partial charge is 0.407 e. The molecule has 1 aromatic rings. The number of ether oxygens (including phenoxy) is 1. The van der Waals surface area contributed by atoms with Crippen molar-refractivity contribution >= 4 is 6.09 Å². The third-order valence-electron chi connectivity index (χ3n) is 1.68. The normalized spacial score (nSPS) is 10.9. The molecule has 4 heteroatoms. The van der Waals surface area contributed by atoms with Gasteiger partial charge in [0.25, 0.3) is 0 Å². The minimum absolute atomic E-state index is 0.434. The van der Waals surface area contributed by atoms with Gasteiger partial charge in [0, 0.05) is 12.4 Å². The number of carbonyl (C=O) groups excluding carboxylic acids is 1. The highest BCUT2D eigenvalue weighted by Crippen LogP contribution is 2.06. The molecule has 0 saturated heterocycles. The van der Waals surface area contributed by atoms with Crippen molar-refractivity contribution < 1.29 is 9.53 Å². The van der Waals surface area contributed by atoms with Crippen molar-refractivity contribution in [2.75, 3.05) is 0 Å². The molecular formula is C12H17N2O2. The van der Waals surface area contributed by atoms with E-state index in [9.17, 15) is 4.79 Å². The molecule has 1 N–H and O–H groups in total. The van der Waals surface area contributed by atoms with Gasteiger partial charge in [-0.3, -0.25) is 4.98 Å². The lowest BCUT2D eigenvalue weighted by atomic mass is 10.2. The summed E-state index contributed by atoms with van der Waals surface area (Å²) in [7, 11) is 0. The number of alkyl carbamates (subject to hydrolysis) is 1. The van der Waals surface area contributed by atoms with Gasteiger partial charge in [-0.15, -0.1) is 0 Å². The predicted molar refractivity (Wildman–Crippen MR) is 61.6 cm³/mol. The highest BCUT2D eigenvalue weighted by Gasteiger charge is 2.15. The highest BCUT2D eigenvalue weighted by molar-refractivity contribution is 5.68. The van der Waals surface area contributed by atoms with Crippen LogP contribution < -0.4 is 5.32 Å². The molecule has 16 heavy (non-hydrogen) atoms. The summed E-state index contributed by atoms with van der Waals surface area (Å²) < 4.78 is 5.08. The first-order valence-corrected chi connectivity index (χ1v) is 5.17. The zero-order valence-electron chi connectivity index (χ0n) is 9.86. The molecule has 0 aliphatic carbocycles. The van der Waals surface area contributed by atoms with E-state index < -0.39 is 11.7 Å². The number of nitrogens with one attached hydrogen (secondary N) is 1. The summed E-state index contributed by atoms with van der Waals surface area (Å²) >= 11 is 0. The van der Waals surface area contributed by atoms with Crippen LogP contribution in [0.5, 0.6) is 0 Å². The maximum absolute atomic E-state index is 11.3. The molecule has 1 rings (SSSR count). The minimum atomic E-state index is -0.466. The molecule has 0 unspecified atom stereocenters. The predicted octanol–water partition coefficient (Wildman–Crippen LogP) is 2.31. The number of amides is 1. The number of rotatable bonds is 3. The van der Waals surface area contributed by atoms with E-state index in [1.165, 1.54) is 0 Å². The van der Waals surface area contributed by atoms with Crippen LogP contribution in [-0.2, 0) is 11.2 Å². The van der Waals surface area contributed by atoms with Crippen LogP contribution in [0.1, 0.15) is 26.3 Å². The Morgan fingerprint density at radius 1 is 1.56 bits per heavy atom. The molecule has 0 spiro atoms. The third-order valence-corrected chi connectivity index (χ3v) is 1.68. The van der Waals surface area contributed by atoms with E-state index in [0.29, 0.717) is 6.42 Å². The Bertz CT molecular complexity index is 331. The number of carbonyl (C=O) groups is 1. The van der Waals surface area contributed by atoms with Gasteiger partial charge in [0.1, 0.15) is 5.60 Å². The first-order valence-electron chi connectivity index (χ1n) is 5.17. The van der Waals surface area contributed by atoms with Crippen LogP contribution in [0, 0.1) is 6.54 Å². The summed E-state index contributed by atoms with van der Waals surface area (Å²) in [5, 5.41) is 2.57. The van der Waals surface area contributed by atoms with Gasteiger partial charge in [0.05, 0.1) is 6.54 Å². The van der Waals surface area contributed by atoms with Crippen molar-refractivity contribution in [1.82, 2.24) is 10.3 Å². The SMILES string of the molecule is CC(C)(C)OC(=O)N[CH]Cc1cccnc1. The van der Waals surface area contributed by atoms with Gasteiger partial charge in [0.2, 0.25) is 0 Å². The molecule has 0 bridgehead atoms. The summed E-state index contributed by atoms with van der Waals surface area (Å²) in [6.45, 7) is 7.14. The molecular weight excluding hydrogens is 204 g/mol. The fourth-order valence-electron chi connectivity index (χ4n) is 1.08. The average molecular weight is 221 g/mol. The standard InChI is InChI=1S/C12H17N2O2/c1-12(2,3)16-11(15)14-8-6-10-5-4-7-13-9-10/h4-5,7-9H,6H2,1-3H3,(H,14,15). The fraction of sp³-hybridized carbons (Fsp3) is 0.417. The largest absolute Gasteiger partial charge is 0.444 e. The average Bonchev–Trinajstić information content (AvgIpc) is 2.16. The van der Waals surface area contributed by atoms with E-state index in [0.717, 1.165) is 5.56 Å². The summed E-state index contributed by atoms with van der Waals surface area (Å²) in [5.74, 6) is 0. The molecule has 0 aliphatic heterocycles. The Morgan fingerprint density at radius 3 is 2.88 bits per heavy atom. The van der Waals surface area contributed by atoms with E-state index in [-0.39, 0.29) is 0 Å². The van der Waals surface area contributed by atoms with Gasteiger partial charge in [-0.1, -0.05) is 6.07 Å². The molecule has 1 amide bonds. The molecule has 1 heterocycles. The summed E-state index contributed by atoms with van der Waals surface area (Å²) in [6, 6.07) is 3.80. The van der Waals surface area contributed by atoms with Crippen LogP contribution in [0.4, 0.5) is 4.79 Å². The Balaban J connectivity index is 2.24. The van der Waals surface area contributed by atoms with E-state index in [1.54, 1.807) is 18.9 Å². The lowest BCUT2D eigenvalue weighted by Gasteiger charge is -2.19. The quantitative estimate of drug-likeness (QED) is 0.852. The van der Waals surface area contributed by atoms with Crippen molar-refractivity contribution in [3.63, 3.8) is 0 Å². The van der Waals surface area contributed by atoms with Gasteiger partial charge in [0.15, 0.2) is 0 Å². The Kier molecular flexibility index (Phi) is 4.28. The topological polar surface area (TPSA) is 51.2 Å². The maximum Gasteiger partial charge on any atom is 0.407 e. The van der Waals surface area contributed by atoms with Crippen molar-refractivity contribution in [3.05, 3.63) is 36.6 Å². The number of aromatic nitrogens is 1. The van der Waals surface area contributed by atoms with Crippen molar-refractivity contribution in [2.24, 2.45) is 0 Å². The number of hydrogen-bond donors (Lipinski definition) is 1. The number of hydrogen-bond acceptors (Lipinski definition) is 3. The molecule has 0 atom stereocenters. The first-order chi connectivity index (χ1) is 7.47. The molecule has 0 fully saturated rings. The monoisotopic (exact) mass is 221 g/mol. The Hall–Kier alpha value is -1.58. The summed E-state index contributed by atoms with van der Waals surface area (Å²) in [5.41, 5.74) is 0.574. The second kappa shape index (κ2) is 5.49. The first kappa shape index (κ1) is 12.5. The zero-order chi connectivity index (χ0) is 12.0. The van der Waals surface area contributed by atoms with E-state index in [2.05, 4.69) is 10.3 Å². The second-order valence-corrected chi connectivity index (χ2v) is 4.42. The number of nitrogens with zero attached hydrogens (tertiary/aromatic N) is 1.